The molecule has 7 nitrogen and oxygen atoms in total. The number of amides is 1. The van der Waals surface area contributed by atoms with Crippen LogP contribution in [0.2, 0.25) is 0 Å². The number of thioether (sulfide) groups is 1. The van der Waals surface area contributed by atoms with Crippen LogP contribution < -0.4 is 0 Å². The maximum Gasteiger partial charge on any atom is 0.277 e. The van der Waals surface area contributed by atoms with E-state index in [0.717, 1.165) is 27.9 Å². The Balaban J connectivity index is 1.33. The van der Waals surface area contributed by atoms with E-state index in [4.69, 9.17) is 4.42 Å². The highest BCUT2D eigenvalue weighted by Gasteiger charge is 2.33. The third-order valence-electron chi connectivity index (χ3n) is 4.86. The van der Waals surface area contributed by atoms with E-state index in [1.807, 2.05) is 23.6 Å². The van der Waals surface area contributed by atoms with Crippen LogP contribution in [-0.2, 0) is 4.79 Å². The van der Waals surface area contributed by atoms with E-state index in [1.54, 1.807) is 41.9 Å². The van der Waals surface area contributed by atoms with Gasteiger partial charge in [-0.05, 0) is 41.3 Å². The van der Waals surface area contributed by atoms with Gasteiger partial charge >= 0.3 is 0 Å². The van der Waals surface area contributed by atoms with Gasteiger partial charge in [0.15, 0.2) is 0 Å². The molecule has 1 aliphatic heterocycles. The third-order valence-corrected chi connectivity index (χ3v) is 6.58. The molecule has 160 valence electrons. The van der Waals surface area contributed by atoms with Gasteiger partial charge in [0.2, 0.25) is 5.89 Å². The van der Waals surface area contributed by atoms with Crippen LogP contribution in [0.15, 0.2) is 81.0 Å². The van der Waals surface area contributed by atoms with Crippen molar-refractivity contribution in [2.75, 3.05) is 5.75 Å². The van der Waals surface area contributed by atoms with Gasteiger partial charge in [-0.25, -0.2) is 9.40 Å². The van der Waals surface area contributed by atoms with E-state index in [1.165, 1.54) is 17.1 Å². The summed E-state index contributed by atoms with van der Waals surface area (Å²) in [6.45, 7) is 0. The van der Waals surface area contributed by atoms with Crippen molar-refractivity contribution >= 4 is 34.7 Å². The van der Waals surface area contributed by atoms with Crippen molar-refractivity contribution in [3.63, 3.8) is 0 Å². The third kappa shape index (κ3) is 4.32. The predicted octanol–water partition coefficient (Wildman–Crippen LogP) is 4.80. The zero-order chi connectivity index (χ0) is 21.9. The van der Waals surface area contributed by atoms with Crippen LogP contribution in [0.1, 0.15) is 22.9 Å². The number of carbonyl (C=O) groups is 1. The zero-order valence-electron chi connectivity index (χ0n) is 16.6. The average molecular weight is 466 g/mol. The molecule has 1 unspecified atom stereocenters. The second-order valence-electron chi connectivity index (χ2n) is 6.94. The van der Waals surface area contributed by atoms with E-state index in [-0.39, 0.29) is 28.7 Å². The highest BCUT2D eigenvalue weighted by molar-refractivity contribution is 7.99. The van der Waals surface area contributed by atoms with Crippen molar-refractivity contribution in [3.8, 4) is 11.5 Å². The van der Waals surface area contributed by atoms with Gasteiger partial charge in [-0.15, -0.1) is 21.5 Å². The highest BCUT2D eigenvalue weighted by Crippen LogP contribution is 2.35. The summed E-state index contributed by atoms with van der Waals surface area (Å²) in [5, 5.41) is 16.4. The molecule has 0 saturated heterocycles. The second kappa shape index (κ2) is 9.01. The highest BCUT2D eigenvalue weighted by atomic mass is 32.2. The number of halogens is 1. The lowest BCUT2D eigenvalue weighted by molar-refractivity contribution is -0.130. The molecule has 0 saturated carbocycles. The minimum atomic E-state index is -0.319. The number of hydrazone groups is 1. The molecule has 0 spiro atoms. The molecule has 1 aromatic carbocycles. The molecule has 1 amide bonds. The number of nitrogens with zero attached hydrogens (tertiary/aromatic N) is 5. The quantitative estimate of drug-likeness (QED) is 0.380. The second-order valence-corrected chi connectivity index (χ2v) is 8.81. The van der Waals surface area contributed by atoms with Crippen molar-refractivity contribution in [3.05, 3.63) is 82.6 Å². The van der Waals surface area contributed by atoms with E-state index < -0.39 is 0 Å². The molecule has 1 atom stereocenters. The molecule has 32 heavy (non-hydrogen) atoms. The monoisotopic (exact) mass is 465 g/mol. The lowest BCUT2D eigenvalue weighted by atomic mass is 10.0. The Morgan fingerprint density at radius 2 is 2.06 bits per heavy atom. The maximum absolute atomic E-state index is 13.4. The number of pyridine rings is 1. The molecular formula is C22H16FN5O2S2. The first-order valence-corrected chi connectivity index (χ1v) is 11.6. The van der Waals surface area contributed by atoms with Gasteiger partial charge in [0.25, 0.3) is 11.1 Å². The van der Waals surface area contributed by atoms with Crippen LogP contribution >= 0.6 is 23.1 Å². The zero-order valence-corrected chi connectivity index (χ0v) is 18.2. The van der Waals surface area contributed by atoms with Crippen LogP contribution in [0.25, 0.3) is 11.5 Å². The van der Waals surface area contributed by atoms with Gasteiger partial charge in [0.05, 0.1) is 27.9 Å². The summed E-state index contributed by atoms with van der Waals surface area (Å²) >= 11 is 2.72. The summed E-state index contributed by atoms with van der Waals surface area (Å²) < 4.78 is 19.1. The first-order chi connectivity index (χ1) is 15.7. The molecule has 3 aromatic heterocycles. The van der Waals surface area contributed by atoms with Gasteiger partial charge in [-0.2, -0.15) is 5.10 Å². The fourth-order valence-electron chi connectivity index (χ4n) is 3.34. The smallest absolute Gasteiger partial charge is 0.277 e. The van der Waals surface area contributed by atoms with Gasteiger partial charge in [-0.1, -0.05) is 30.0 Å². The number of hydrogen-bond acceptors (Lipinski definition) is 8. The molecule has 0 fully saturated rings. The van der Waals surface area contributed by atoms with E-state index in [9.17, 15) is 9.18 Å². The number of benzene rings is 1. The Morgan fingerprint density at radius 1 is 1.19 bits per heavy atom. The van der Waals surface area contributed by atoms with Gasteiger partial charge in [0.1, 0.15) is 5.82 Å². The molecule has 0 radical (unpaired) electrons. The predicted molar refractivity (Wildman–Crippen MR) is 120 cm³/mol. The molecule has 5 rings (SSSR count). The SMILES string of the molecule is O=C(CSc1nnc(-c2cccnc2)o1)N1N=C(c2cccs2)CC1c1ccc(F)cc1. The van der Waals surface area contributed by atoms with E-state index >= 15 is 0 Å². The Morgan fingerprint density at radius 3 is 2.81 bits per heavy atom. The topological polar surface area (TPSA) is 84.5 Å². The van der Waals surface area contributed by atoms with Gasteiger partial charge < -0.3 is 4.42 Å². The van der Waals surface area contributed by atoms with Gasteiger partial charge in [0, 0.05) is 18.8 Å². The Labute approximate surface area is 191 Å². The van der Waals surface area contributed by atoms with Crippen LogP contribution in [0.3, 0.4) is 0 Å². The number of aromatic nitrogens is 3. The Hall–Kier alpha value is -3.37. The lowest BCUT2D eigenvalue weighted by Crippen LogP contribution is -2.28. The van der Waals surface area contributed by atoms with Crippen LogP contribution in [-0.4, -0.2) is 37.6 Å². The molecule has 1 aliphatic rings. The fourth-order valence-corrected chi connectivity index (χ4v) is 4.68. The molecule has 4 aromatic rings. The van der Waals surface area contributed by atoms with Crippen molar-refractivity contribution in [1.82, 2.24) is 20.2 Å². The summed E-state index contributed by atoms with van der Waals surface area (Å²) in [6.07, 6.45) is 3.85. The summed E-state index contributed by atoms with van der Waals surface area (Å²) in [5.74, 6) is -0.0954. The van der Waals surface area contributed by atoms with Crippen LogP contribution in [0, 0.1) is 5.82 Å². The van der Waals surface area contributed by atoms with Crippen LogP contribution in [0.5, 0.6) is 0 Å². The Kier molecular flexibility index (Phi) is 5.78. The summed E-state index contributed by atoms with van der Waals surface area (Å²) in [7, 11) is 0. The number of rotatable bonds is 6. The van der Waals surface area contributed by atoms with Gasteiger partial charge in [-0.3, -0.25) is 9.78 Å². The summed E-state index contributed by atoms with van der Waals surface area (Å²) in [5.41, 5.74) is 2.38. The first kappa shape index (κ1) is 20.5. The van der Waals surface area contributed by atoms with Crippen molar-refractivity contribution in [2.24, 2.45) is 5.10 Å². The minimum absolute atomic E-state index is 0.0770. The minimum Gasteiger partial charge on any atom is -0.411 e. The summed E-state index contributed by atoms with van der Waals surface area (Å²) in [6, 6.07) is 13.4. The van der Waals surface area contributed by atoms with E-state index in [0.29, 0.717) is 17.9 Å². The molecule has 0 aliphatic carbocycles. The first-order valence-electron chi connectivity index (χ1n) is 9.73. The van der Waals surface area contributed by atoms with Crippen molar-refractivity contribution < 1.29 is 13.6 Å². The molecule has 0 N–H and O–H groups in total. The molecular weight excluding hydrogens is 449 g/mol. The van der Waals surface area contributed by atoms with Crippen molar-refractivity contribution in [2.45, 2.75) is 17.7 Å². The number of hydrogen-bond donors (Lipinski definition) is 0. The molecule has 4 heterocycles. The number of thiophene rings is 1. The summed E-state index contributed by atoms with van der Waals surface area (Å²) in [4.78, 5) is 18.1. The lowest BCUT2D eigenvalue weighted by Gasteiger charge is -2.21. The average Bonchev–Trinajstić information content (AvgIpc) is 3.59. The van der Waals surface area contributed by atoms with E-state index in [2.05, 4.69) is 20.3 Å². The largest absolute Gasteiger partial charge is 0.411 e. The standard InChI is InChI=1S/C22H16FN5O2S2/c23-16-7-5-14(6-8-16)18-11-17(19-4-2-10-31-19)27-28(18)20(29)13-32-22-26-25-21(30-22)15-3-1-9-24-12-15/h1-10,12,18H,11,13H2. The Bertz CT molecular complexity index is 1240. The molecule has 0 bridgehead atoms. The number of carbonyl (C=O) groups excluding carboxylic acids is 1. The normalized spacial score (nSPS) is 15.7. The maximum atomic E-state index is 13.4. The van der Waals surface area contributed by atoms with Crippen molar-refractivity contribution in [1.29, 1.82) is 0 Å². The molecule has 10 heteroatoms. The van der Waals surface area contributed by atoms with Crippen LogP contribution in [0.4, 0.5) is 4.39 Å². The fraction of sp³-hybridized carbons (Fsp3) is 0.136.